The molecule has 0 aliphatic rings. The zero-order valence-electron chi connectivity index (χ0n) is 13.2. The molecule has 24 heavy (non-hydrogen) atoms. The van der Waals surface area contributed by atoms with Crippen molar-refractivity contribution >= 4 is 11.6 Å². The summed E-state index contributed by atoms with van der Waals surface area (Å²) in [6.07, 6.45) is 0.305. The van der Waals surface area contributed by atoms with Gasteiger partial charge in [0.25, 0.3) is 0 Å². The fraction of sp³-hybridized carbons (Fsp3) is 0.235. The van der Waals surface area contributed by atoms with Gasteiger partial charge < -0.3 is 14.8 Å². The molecule has 1 amide bonds. The SMILES string of the molecule is COc1ccc(OC)c(CCC(=O)Nc2ccc(F)c(F)c2F)c1. The normalized spacial score (nSPS) is 10.4. The third-order valence-electron chi connectivity index (χ3n) is 3.42. The minimum Gasteiger partial charge on any atom is -0.497 e. The molecule has 0 bridgehead atoms. The Morgan fingerprint density at radius 2 is 1.79 bits per heavy atom. The van der Waals surface area contributed by atoms with Crippen LogP contribution in [0.1, 0.15) is 12.0 Å². The monoisotopic (exact) mass is 339 g/mol. The largest absolute Gasteiger partial charge is 0.497 e. The number of ether oxygens (including phenoxy) is 2. The molecule has 0 radical (unpaired) electrons. The molecule has 0 atom stereocenters. The van der Waals surface area contributed by atoms with Gasteiger partial charge in [0.2, 0.25) is 5.91 Å². The summed E-state index contributed by atoms with van der Waals surface area (Å²) < 4.78 is 49.9. The van der Waals surface area contributed by atoms with Gasteiger partial charge in [-0.3, -0.25) is 4.79 Å². The first-order valence-corrected chi connectivity index (χ1v) is 7.10. The second-order valence-corrected chi connectivity index (χ2v) is 4.95. The molecule has 1 N–H and O–H groups in total. The molecule has 128 valence electrons. The summed E-state index contributed by atoms with van der Waals surface area (Å²) in [5.41, 5.74) is 0.328. The molecule has 0 aliphatic heterocycles. The van der Waals surface area contributed by atoms with Crippen LogP contribution in [0.5, 0.6) is 11.5 Å². The third-order valence-corrected chi connectivity index (χ3v) is 3.42. The van der Waals surface area contributed by atoms with Gasteiger partial charge in [0.05, 0.1) is 19.9 Å². The Morgan fingerprint density at radius 3 is 2.46 bits per heavy atom. The van der Waals surface area contributed by atoms with Crippen LogP contribution in [0.3, 0.4) is 0 Å². The summed E-state index contributed by atoms with van der Waals surface area (Å²) in [6.45, 7) is 0. The molecule has 0 saturated carbocycles. The van der Waals surface area contributed by atoms with E-state index in [-0.39, 0.29) is 6.42 Å². The molecule has 0 heterocycles. The molecule has 0 aromatic heterocycles. The van der Waals surface area contributed by atoms with Crippen LogP contribution in [0, 0.1) is 17.5 Å². The molecule has 0 aliphatic carbocycles. The molecule has 0 saturated heterocycles. The number of carbonyl (C=O) groups is 1. The standard InChI is InChI=1S/C17H16F3NO3/c1-23-11-4-7-14(24-2)10(9-11)3-8-15(22)21-13-6-5-12(18)16(19)17(13)20/h4-7,9H,3,8H2,1-2H3,(H,21,22). The molecule has 2 rings (SSSR count). The van der Waals surface area contributed by atoms with Crippen LogP contribution in [0.25, 0.3) is 0 Å². The number of nitrogens with one attached hydrogen (secondary N) is 1. The van der Waals surface area contributed by atoms with Crippen LogP contribution in [0.4, 0.5) is 18.9 Å². The van der Waals surface area contributed by atoms with Crippen molar-refractivity contribution in [1.82, 2.24) is 0 Å². The Balaban J connectivity index is 2.05. The van der Waals surface area contributed by atoms with Crippen molar-refractivity contribution in [3.05, 3.63) is 53.3 Å². The quantitative estimate of drug-likeness (QED) is 0.817. The highest BCUT2D eigenvalue weighted by atomic mass is 19.2. The number of anilines is 1. The Bertz CT molecular complexity index is 750. The van der Waals surface area contributed by atoms with Gasteiger partial charge in [-0.1, -0.05) is 0 Å². The number of halogens is 3. The predicted molar refractivity (Wildman–Crippen MR) is 82.8 cm³/mol. The van der Waals surface area contributed by atoms with Gasteiger partial charge >= 0.3 is 0 Å². The number of benzene rings is 2. The van der Waals surface area contributed by atoms with E-state index in [4.69, 9.17) is 9.47 Å². The maximum atomic E-state index is 13.5. The topological polar surface area (TPSA) is 47.6 Å². The van der Waals surface area contributed by atoms with Gasteiger partial charge in [-0.25, -0.2) is 13.2 Å². The highest BCUT2D eigenvalue weighted by molar-refractivity contribution is 5.91. The molecule has 2 aromatic carbocycles. The summed E-state index contributed by atoms with van der Waals surface area (Å²) >= 11 is 0. The van der Waals surface area contributed by atoms with E-state index in [1.807, 2.05) is 0 Å². The van der Waals surface area contributed by atoms with Gasteiger partial charge in [0.1, 0.15) is 11.5 Å². The molecule has 7 heteroatoms. The minimum absolute atomic E-state index is 0.00195. The average Bonchev–Trinajstić information content (AvgIpc) is 2.60. The van der Waals surface area contributed by atoms with Gasteiger partial charge in [-0.15, -0.1) is 0 Å². The van der Waals surface area contributed by atoms with E-state index < -0.39 is 29.0 Å². The van der Waals surface area contributed by atoms with Crippen molar-refractivity contribution < 1.29 is 27.4 Å². The Hall–Kier alpha value is -2.70. The van der Waals surface area contributed by atoms with Crippen molar-refractivity contribution in [3.63, 3.8) is 0 Å². The van der Waals surface area contributed by atoms with Crippen LogP contribution in [0.15, 0.2) is 30.3 Å². The highest BCUT2D eigenvalue weighted by Crippen LogP contribution is 2.25. The number of methoxy groups -OCH3 is 2. The summed E-state index contributed by atoms with van der Waals surface area (Å²) in [4.78, 5) is 11.9. The summed E-state index contributed by atoms with van der Waals surface area (Å²) in [6, 6.07) is 6.88. The lowest BCUT2D eigenvalue weighted by Gasteiger charge is -2.11. The predicted octanol–water partition coefficient (Wildman–Crippen LogP) is 3.69. The van der Waals surface area contributed by atoms with Crippen LogP contribution < -0.4 is 14.8 Å². The lowest BCUT2D eigenvalue weighted by molar-refractivity contribution is -0.116. The number of hydrogen-bond acceptors (Lipinski definition) is 3. The van der Waals surface area contributed by atoms with E-state index in [9.17, 15) is 18.0 Å². The van der Waals surface area contributed by atoms with E-state index in [1.165, 1.54) is 14.2 Å². The van der Waals surface area contributed by atoms with E-state index in [2.05, 4.69) is 5.32 Å². The zero-order valence-corrected chi connectivity index (χ0v) is 13.2. The smallest absolute Gasteiger partial charge is 0.224 e. The molecule has 0 spiro atoms. The van der Waals surface area contributed by atoms with Gasteiger partial charge in [-0.2, -0.15) is 0 Å². The number of aryl methyl sites for hydroxylation is 1. The van der Waals surface area contributed by atoms with Crippen molar-refractivity contribution in [2.75, 3.05) is 19.5 Å². The van der Waals surface area contributed by atoms with Crippen LogP contribution in [0.2, 0.25) is 0 Å². The van der Waals surface area contributed by atoms with Gasteiger partial charge in [0, 0.05) is 6.42 Å². The molecule has 0 unspecified atom stereocenters. The molecule has 2 aromatic rings. The maximum Gasteiger partial charge on any atom is 0.224 e. The van der Waals surface area contributed by atoms with Crippen LogP contribution in [-0.4, -0.2) is 20.1 Å². The summed E-state index contributed by atoms with van der Waals surface area (Å²) in [7, 11) is 3.02. The number of hydrogen-bond donors (Lipinski definition) is 1. The molecular weight excluding hydrogens is 323 g/mol. The van der Waals surface area contributed by atoms with E-state index in [0.29, 0.717) is 17.9 Å². The second-order valence-electron chi connectivity index (χ2n) is 4.95. The highest BCUT2D eigenvalue weighted by Gasteiger charge is 2.15. The summed E-state index contributed by atoms with van der Waals surface area (Å²) in [5.74, 6) is -3.71. The van der Waals surface area contributed by atoms with E-state index in [0.717, 1.165) is 17.7 Å². The van der Waals surface area contributed by atoms with Gasteiger partial charge in [-0.05, 0) is 42.3 Å². The first kappa shape index (κ1) is 17.7. The lowest BCUT2D eigenvalue weighted by atomic mass is 10.1. The van der Waals surface area contributed by atoms with Crippen molar-refractivity contribution in [2.24, 2.45) is 0 Å². The lowest BCUT2D eigenvalue weighted by Crippen LogP contribution is -2.14. The minimum atomic E-state index is -1.62. The first-order chi connectivity index (χ1) is 11.5. The number of amides is 1. The van der Waals surface area contributed by atoms with Crippen molar-refractivity contribution in [1.29, 1.82) is 0 Å². The number of rotatable bonds is 6. The van der Waals surface area contributed by atoms with Crippen LogP contribution >= 0.6 is 0 Å². The van der Waals surface area contributed by atoms with Gasteiger partial charge in [0.15, 0.2) is 17.5 Å². The fourth-order valence-electron chi connectivity index (χ4n) is 2.16. The maximum absolute atomic E-state index is 13.5. The molecule has 0 fully saturated rings. The van der Waals surface area contributed by atoms with E-state index >= 15 is 0 Å². The Kier molecular flexibility index (Phi) is 5.68. The number of carbonyl (C=O) groups excluding carboxylic acids is 1. The summed E-state index contributed by atoms with van der Waals surface area (Å²) in [5, 5.41) is 2.22. The van der Waals surface area contributed by atoms with Crippen LogP contribution in [-0.2, 0) is 11.2 Å². The van der Waals surface area contributed by atoms with Crippen molar-refractivity contribution in [2.45, 2.75) is 12.8 Å². The first-order valence-electron chi connectivity index (χ1n) is 7.10. The zero-order chi connectivity index (χ0) is 17.7. The van der Waals surface area contributed by atoms with E-state index in [1.54, 1.807) is 18.2 Å². The Labute approximate surface area is 137 Å². The third kappa shape index (κ3) is 3.98. The molecular formula is C17H16F3NO3. The Morgan fingerprint density at radius 1 is 1.04 bits per heavy atom. The molecule has 4 nitrogen and oxygen atoms in total. The second kappa shape index (κ2) is 7.72. The fourth-order valence-corrected chi connectivity index (χ4v) is 2.16. The van der Waals surface area contributed by atoms with Crippen molar-refractivity contribution in [3.8, 4) is 11.5 Å². The average molecular weight is 339 g/mol.